The van der Waals surface area contributed by atoms with Gasteiger partial charge in [-0.3, -0.25) is 0 Å². The van der Waals surface area contributed by atoms with E-state index in [1.54, 1.807) is 0 Å². The molecule has 2 aromatic carbocycles. The Labute approximate surface area is 160 Å². The van der Waals surface area contributed by atoms with Crippen molar-refractivity contribution in [1.82, 2.24) is 0 Å². The molecule has 0 aliphatic heterocycles. The summed E-state index contributed by atoms with van der Waals surface area (Å²) < 4.78 is 1.79. The standard InChI is InChI=1S/C20H22Br2O2/c1-11(2)19(23)15-7-5-14(22)10-18(15)20(24,12(3)4)16-8-6-13(21)9-17(16)19/h5-12,23-24H,1-4H3. The highest BCUT2D eigenvalue weighted by Crippen LogP contribution is 2.54. The molecule has 2 aromatic rings. The largest absolute Gasteiger partial charge is 0.380 e. The Bertz CT molecular complexity index is 733. The molecule has 2 unspecified atom stereocenters. The maximum absolute atomic E-state index is 11.7. The van der Waals surface area contributed by atoms with Gasteiger partial charge in [-0.1, -0.05) is 71.7 Å². The van der Waals surface area contributed by atoms with Crippen molar-refractivity contribution < 1.29 is 10.2 Å². The van der Waals surface area contributed by atoms with Crippen LogP contribution in [0.25, 0.3) is 0 Å². The first-order valence-electron chi connectivity index (χ1n) is 8.19. The highest BCUT2D eigenvalue weighted by molar-refractivity contribution is 9.10. The van der Waals surface area contributed by atoms with E-state index in [1.165, 1.54) is 0 Å². The summed E-state index contributed by atoms with van der Waals surface area (Å²) in [6, 6.07) is 11.6. The van der Waals surface area contributed by atoms with Crippen LogP contribution in [-0.4, -0.2) is 10.2 Å². The monoisotopic (exact) mass is 452 g/mol. The van der Waals surface area contributed by atoms with E-state index >= 15 is 0 Å². The first-order valence-corrected chi connectivity index (χ1v) is 9.77. The van der Waals surface area contributed by atoms with Crippen molar-refractivity contribution in [2.45, 2.75) is 38.9 Å². The third-order valence-corrected chi connectivity index (χ3v) is 6.26. The number of benzene rings is 2. The summed E-state index contributed by atoms with van der Waals surface area (Å²) in [4.78, 5) is 0. The van der Waals surface area contributed by atoms with Gasteiger partial charge in [0.2, 0.25) is 0 Å². The molecular weight excluding hydrogens is 432 g/mol. The Kier molecular flexibility index (Phi) is 4.49. The molecular formula is C20H22Br2O2. The van der Waals surface area contributed by atoms with Crippen molar-refractivity contribution in [2.75, 3.05) is 0 Å². The highest BCUT2D eigenvalue weighted by Gasteiger charge is 2.51. The lowest BCUT2D eigenvalue weighted by Gasteiger charge is -2.48. The lowest BCUT2D eigenvalue weighted by atomic mass is 9.61. The number of hydrogen-bond acceptors (Lipinski definition) is 2. The van der Waals surface area contributed by atoms with Gasteiger partial charge in [-0.15, -0.1) is 0 Å². The van der Waals surface area contributed by atoms with E-state index in [9.17, 15) is 10.2 Å². The maximum Gasteiger partial charge on any atom is 0.118 e. The molecule has 0 fully saturated rings. The quantitative estimate of drug-likeness (QED) is 0.646. The summed E-state index contributed by atoms with van der Waals surface area (Å²) >= 11 is 7.03. The normalized spacial score (nSPS) is 25.8. The van der Waals surface area contributed by atoms with Gasteiger partial charge in [-0.05, 0) is 58.4 Å². The average Bonchev–Trinajstić information content (AvgIpc) is 2.51. The number of halogens is 2. The molecule has 0 spiro atoms. The second-order valence-corrected chi connectivity index (χ2v) is 9.05. The number of hydrogen-bond donors (Lipinski definition) is 2. The summed E-state index contributed by atoms with van der Waals surface area (Å²) in [5, 5.41) is 23.5. The molecule has 128 valence electrons. The number of fused-ring (bicyclic) bond motifs is 2. The van der Waals surface area contributed by atoms with Crippen LogP contribution in [-0.2, 0) is 11.2 Å². The Morgan fingerprint density at radius 2 is 1.00 bits per heavy atom. The Morgan fingerprint density at radius 1 is 0.667 bits per heavy atom. The zero-order valence-corrected chi connectivity index (χ0v) is 17.4. The third kappa shape index (κ3) is 2.34. The fourth-order valence-electron chi connectivity index (χ4n) is 3.86. The Morgan fingerprint density at radius 3 is 1.29 bits per heavy atom. The predicted octanol–water partition coefficient (Wildman–Crippen LogP) is 5.31. The van der Waals surface area contributed by atoms with E-state index in [1.807, 2.05) is 64.1 Å². The molecule has 0 saturated heterocycles. The van der Waals surface area contributed by atoms with Gasteiger partial charge in [0.25, 0.3) is 0 Å². The van der Waals surface area contributed by atoms with Crippen LogP contribution in [0.1, 0.15) is 49.9 Å². The first-order chi connectivity index (χ1) is 11.1. The molecule has 4 heteroatoms. The lowest BCUT2D eigenvalue weighted by Crippen LogP contribution is -2.47. The molecule has 2 N–H and O–H groups in total. The van der Waals surface area contributed by atoms with Crippen molar-refractivity contribution >= 4 is 31.9 Å². The molecule has 1 aliphatic carbocycles. The van der Waals surface area contributed by atoms with E-state index in [4.69, 9.17) is 0 Å². The second kappa shape index (κ2) is 5.94. The topological polar surface area (TPSA) is 40.5 Å². The van der Waals surface area contributed by atoms with Crippen LogP contribution in [0.2, 0.25) is 0 Å². The summed E-state index contributed by atoms with van der Waals surface area (Å²) in [5.41, 5.74) is 0.827. The van der Waals surface area contributed by atoms with Gasteiger partial charge < -0.3 is 10.2 Å². The molecule has 0 aromatic heterocycles. The molecule has 0 bridgehead atoms. The SMILES string of the molecule is CC(C)C1(O)c2ccc(Br)cc2C(O)(C(C)C)c2ccc(Br)cc21. The smallest absolute Gasteiger partial charge is 0.118 e. The summed E-state index contributed by atoms with van der Waals surface area (Å²) in [5.74, 6) is -0.0793. The number of rotatable bonds is 2. The van der Waals surface area contributed by atoms with Gasteiger partial charge in [-0.25, -0.2) is 0 Å². The van der Waals surface area contributed by atoms with Crippen LogP contribution in [0.4, 0.5) is 0 Å². The Balaban J connectivity index is 2.48. The van der Waals surface area contributed by atoms with E-state index in [0.717, 1.165) is 31.2 Å². The average molecular weight is 454 g/mol. The van der Waals surface area contributed by atoms with Crippen molar-refractivity contribution in [2.24, 2.45) is 11.8 Å². The Hall–Kier alpha value is -0.680. The van der Waals surface area contributed by atoms with Crippen LogP contribution in [0, 0.1) is 11.8 Å². The van der Waals surface area contributed by atoms with Gasteiger partial charge in [0.1, 0.15) is 11.2 Å². The van der Waals surface area contributed by atoms with Crippen molar-refractivity contribution in [1.29, 1.82) is 0 Å². The summed E-state index contributed by atoms with van der Waals surface area (Å²) in [6.45, 7) is 8.04. The summed E-state index contributed by atoms with van der Waals surface area (Å²) in [7, 11) is 0. The minimum Gasteiger partial charge on any atom is -0.380 e. The first kappa shape index (κ1) is 18.1. The van der Waals surface area contributed by atoms with Gasteiger partial charge in [0, 0.05) is 8.95 Å². The van der Waals surface area contributed by atoms with E-state index in [-0.39, 0.29) is 11.8 Å². The van der Waals surface area contributed by atoms with Crippen molar-refractivity contribution in [3.05, 3.63) is 67.6 Å². The third-order valence-electron chi connectivity index (χ3n) is 5.28. The molecule has 1 aliphatic rings. The lowest BCUT2D eigenvalue weighted by molar-refractivity contribution is -0.0167. The zero-order valence-electron chi connectivity index (χ0n) is 14.3. The molecule has 0 saturated carbocycles. The van der Waals surface area contributed by atoms with Gasteiger partial charge in [0.05, 0.1) is 0 Å². The van der Waals surface area contributed by atoms with Crippen LogP contribution in [0.3, 0.4) is 0 Å². The minimum absolute atomic E-state index is 0.0396. The van der Waals surface area contributed by atoms with Gasteiger partial charge >= 0.3 is 0 Å². The highest BCUT2D eigenvalue weighted by atomic mass is 79.9. The van der Waals surface area contributed by atoms with Crippen LogP contribution < -0.4 is 0 Å². The molecule has 0 radical (unpaired) electrons. The van der Waals surface area contributed by atoms with Crippen LogP contribution >= 0.6 is 31.9 Å². The van der Waals surface area contributed by atoms with Gasteiger partial charge in [-0.2, -0.15) is 0 Å². The molecule has 3 rings (SSSR count). The fraction of sp³-hybridized carbons (Fsp3) is 0.400. The van der Waals surface area contributed by atoms with Crippen molar-refractivity contribution in [3.63, 3.8) is 0 Å². The maximum atomic E-state index is 11.7. The van der Waals surface area contributed by atoms with Crippen LogP contribution in [0.15, 0.2) is 45.3 Å². The molecule has 0 amide bonds. The second-order valence-electron chi connectivity index (χ2n) is 7.22. The minimum atomic E-state index is -1.14. The van der Waals surface area contributed by atoms with Crippen LogP contribution in [0.5, 0.6) is 0 Å². The molecule has 2 atom stereocenters. The van der Waals surface area contributed by atoms with E-state index in [0.29, 0.717) is 0 Å². The molecule has 0 heterocycles. The van der Waals surface area contributed by atoms with Crippen molar-refractivity contribution in [3.8, 4) is 0 Å². The molecule has 24 heavy (non-hydrogen) atoms. The summed E-state index contributed by atoms with van der Waals surface area (Å²) in [6.07, 6.45) is 0. The van der Waals surface area contributed by atoms with E-state index in [2.05, 4.69) is 31.9 Å². The van der Waals surface area contributed by atoms with Gasteiger partial charge in [0.15, 0.2) is 0 Å². The fourth-order valence-corrected chi connectivity index (χ4v) is 4.58. The predicted molar refractivity (Wildman–Crippen MR) is 104 cm³/mol. The zero-order chi connectivity index (χ0) is 17.9. The van der Waals surface area contributed by atoms with E-state index < -0.39 is 11.2 Å². The molecule has 2 nitrogen and oxygen atoms in total. The number of aliphatic hydroxyl groups is 2.